The Hall–Kier alpha value is -2.74. The number of methoxy groups -OCH3 is 1. The number of carbonyl (C=O) groups is 2. The van der Waals surface area contributed by atoms with Crippen LogP contribution in [0.15, 0.2) is 36.4 Å². The van der Waals surface area contributed by atoms with Gasteiger partial charge in [-0.3, -0.25) is 4.79 Å². The van der Waals surface area contributed by atoms with Crippen molar-refractivity contribution >= 4 is 29.2 Å². The van der Waals surface area contributed by atoms with E-state index in [1.54, 1.807) is 19.1 Å². The molecule has 0 saturated heterocycles. The lowest BCUT2D eigenvalue weighted by atomic mass is 10.1. The summed E-state index contributed by atoms with van der Waals surface area (Å²) in [5.41, 5.74) is -0.297. The standard InChI is InChI=1S/C18H15ClF3NO4/c1-10-3-6-15(26-2)12(7-10)17(25)27-9-16(24)23-14-8-11(18(20,21)22)4-5-13(14)19/h3-8H,9H2,1-2H3,(H,23,24). The zero-order valence-electron chi connectivity index (χ0n) is 14.3. The Morgan fingerprint density at radius 1 is 1.15 bits per heavy atom. The fraction of sp³-hybridized carbons (Fsp3) is 0.222. The van der Waals surface area contributed by atoms with Crippen LogP contribution >= 0.6 is 11.6 Å². The Kier molecular flexibility index (Phi) is 6.32. The number of hydrogen-bond donors (Lipinski definition) is 1. The Labute approximate surface area is 158 Å². The second-order valence-electron chi connectivity index (χ2n) is 5.52. The van der Waals surface area contributed by atoms with Crippen molar-refractivity contribution in [3.05, 3.63) is 58.1 Å². The number of amides is 1. The fourth-order valence-corrected chi connectivity index (χ4v) is 2.34. The van der Waals surface area contributed by atoms with Gasteiger partial charge in [-0.1, -0.05) is 23.2 Å². The molecule has 144 valence electrons. The van der Waals surface area contributed by atoms with E-state index in [1.165, 1.54) is 13.2 Å². The van der Waals surface area contributed by atoms with Crippen LogP contribution < -0.4 is 10.1 Å². The van der Waals surface area contributed by atoms with Crippen LogP contribution in [0.2, 0.25) is 5.02 Å². The lowest BCUT2D eigenvalue weighted by Gasteiger charge is -2.12. The number of rotatable bonds is 5. The highest BCUT2D eigenvalue weighted by molar-refractivity contribution is 6.33. The van der Waals surface area contributed by atoms with Crippen molar-refractivity contribution in [2.24, 2.45) is 0 Å². The molecule has 1 amide bonds. The lowest BCUT2D eigenvalue weighted by molar-refractivity contribution is -0.137. The first-order valence-electron chi connectivity index (χ1n) is 7.60. The maximum atomic E-state index is 12.7. The van der Waals surface area contributed by atoms with Gasteiger partial charge in [-0.05, 0) is 37.3 Å². The number of aryl methyl sites for hydroxylation is 1. The summed E-state index contributed by atoms with van der Waals surface area (Å²) >= 11 is 5.80. The molecule has 0 atom stereocenters. The number of carbonyl (C=O) groups excluding carboxylic acids is 2. The van der Waals surface area contributed by atoms with Gasteiger partial charge in [0.25, 0.3) is 5.91 Å². The first-order valence-corrected chi connectivity index (χ1v) is 7.98. The third-order valence-corrected chi connectivity index (χ3v) is 3.81. The minimum absolute atomic E-state index is 0.0805. The monoisotopic (exact) mass is 401 g/mol. The molecule has 0 aliphatic rings. The van der Waals surface area contributed by atoms with Crippen LogP contribution in [-0.4, -0.2) is 25.6 Å². The maximum Gasteiger partial charge on any atom is 0.416 e. The van der Waals surface area contributed by atoms with E-state index in [1.807, 2.05) is 0 Å². The highest BCUT2D eigenvalue weighted by atomic mass is 35.5. The molecule has 0 bridgehead atoms. The number of hydrogen-bond acceptors (Lipinski definition) is 4. The highest BCUT2D eigenvalue weighted by Gasteiger charge is 2.31. The summed E-state index contributed by atoms with van der Waals surface area (Å²) in [5.74, 6) is -1.37. The number of esters is 1. The van der Waals surface area contributed by atoms with E-state index in [-0.39, 0.29) is 22.0 Å². The molecule has 2 aromatic carbocycles. The molecule has 0 unspecified atom stereocenters. The molecule has 2 aromatic rings. The van der Waals surface area contributed by atoms with Crippen LogP contribution in [0.4, 0.5) is 18.9 Å². The molecule has 0 heterocycles. The van der Waals surface area contributed by atoms with E-state index in [0.717, 1.165) is 17.7 Å². The van der Waals surface area contributed by atoms with Crippen molar-refractivity contribution < 1.29 is 32.2 Å². The zero-order valence-corrected chi connectivity index (χ0v) is 15.1. The van der Waals surface area contributed by atoms with Crippen molar-refractivity contribution in [1.82, 2.24) is 0 Å². The van der Waals surface area contributed by atoms with E-state index in [9.17, 15) is 22.8 Å². The van der Waals surface area contributed by atoms with Gasteiger partial charge in [0.15, 0.2) is 6.61 Å². The molecule has 0 aliphatic carbocycles. The van der Waals surface area contributed by atoms with Crippen LogP contribution in [0.1, 0.15) is 21.5 Å². The van der Waals surface area contributed by atoms with Crippen LogP contribution in [0, 0.1) is 6.92 Å². The Morgan fingerprint density at radius 3 is 2.48 bits per heavy atom. The van der Waals surface area contributed by atoms with Gasteiger partial charge < -0.3 is 14.8 Å². The average molecular weight is 402 g/mol. The molecular formula is C18H15ClF3NO4. The number of ether oxygens (including phenoxy) is 2. The molecule has 0 fully saturated rings. The van der Waals surface area contributed by atoms with Gasteiger partial charge in [-0.15, -0.1) is 0 Å². The zero-order chi connectivity index (χ0) is 20.2. The van der Waals surface area contributed by atoms with Crippen LogP contribution in [0.3, 0.4) is 0 Å². The largest absolute Gasteiger partial charge is 0.496 e. The quantitative estimate of drug-likeness (QED) is 0.751. The summed E-state index contributed by atoms with van der Waals surface area (Å²) in [6.07, 6.45) is -4.59. The Morgan fingerprint density at radius 2 is 1.85 bits per heavy atom. The molecule has 2 rings (SSSR count). The summed E-state index contributed by atoms with van der Waals surface area (Å²) in [7, 11) is 1.38. The second kappa shape index (κ2) is 8.30. The molecule has 27 heavy (non-hydrogen) atoms. The van der Waals surface area contributed by atoms with Crippen LogP contribution in [0.25, 0.3) is 0 Å². The molecule has 0 saturated carbocycles. The van der Waals surface area contributed by atoms with Gasteiger partial charge in [-0.25, -0.2) is 4.79 Å². The molecule has 0 aliphatic heterocycles. The van der Waals surface area contributed by atoms with Gasteiger partial charge in [0, 0.05) is 0 Å². The minimum Gasteiger partial charge on any atom is -0.496 e. The molecule has 0 aromatic heterocycles. The fourth-order valence-electron chi connectivity index (χ4n) is 2.17. The van der Waals surface area contributed by atoms with E-state index >= 15 is 0 Å². The van der Waals surface area contributed by atoms with Crippen LogP contribution in [-0.2, 0) is 15.7 Å². The molecular weight excluding hydrogens is 387 g/mol. The first kappa shape index (κ1) is 20.6. The lowest BCUT2D eigenvalue weighted by Crippen LogP contribution is -2.21. The molecule has 9 heteroatoms. The molecule has 0 spiro atoms. The Bertz CT molecular complexity index is 868. The minimum atomic E-state index is -4.59. The molecule has 1 N–H and O–H groups in total. The number of nitrogens with one attached hydrogen (secondary N) is 1. The summed E-state index contributed by atoms with van der Waals surface area (Å²) in [5, 5.41) is 2.11. The smallest absolute Gasteiger partial charge is 0.416 e. The van der Waals surface area contributed by atoms with Gasteiger partial charge in [0.2, 0.25) is 0 Å². The third kappa shape index (κ3) is 5.37. The average Bonchev–Trinajstić information content (AvgIpc) is 2.60. The van der Waals surface area contributed by atoms with Crippen molar-refractivity contribution in [3.63, 3.8) is 0 Å². The Balaban J connectivity index is 2.05. The predicted molar refractivity (Wildman–Crippen MR) is 93.1 cm³/mol. The predicted octanol–water partition coefficient (Wildman–Crippen LogP) is 4.47. The number of halogens is 4. The van der Waals surface area contributed by atoms with E-state index in [2.05, 4.69) is 5.32 Å². The van der Waals surface area contributed by atoms with E-state index in [4.69, 9.17) is 21.1 Å². The topological polar surface area (TPSA) is 64.6 Å². The summed E-state index contributed by atoms with van der Waals surface area (Å²) in [6, 6.07) is 7.35. The summed E-state index contributed by atoms with van der Waals surface area (Å²) < 4.78 is 48.2. The molecule has 0 radical (unpaired) electrons. The van der Waals surface area contributed by atoms with Gasteiger partial charge in [0.05, 0.1) is 23.4 Å². The number of anilines is 1. The van der Waals surface area contributed by atoms with Gasteiger partial charge in [-0.2, -0.15) is 13.2 Å². The number of benzene rings is 2. The maximum absolute atomic E-state index is 12.7. The van der Waals surface area contributed by atoms with E-state index in [0.29, 0.717) is 6.07 Å². The summed E-state index contributed by atoms with van der Waals surface area (Å²) in [4.78, 5) is 24.1. The second-order valence-corrected chi connectivity index (χ2v) is 5.93. The SMILES string of the molecule is COc1ccc(C)cc1C(=O)OCC(=O)Nc1cc(C(F)(F)F)ccc1Cl. The van der Waals surface area contributed by atoms with E-state index < -0.39 is 30.2 Å². The van der Waals surface area contributed by atoms with Crippen molar-refractivity contribution in [2.45, 2.75) is 13.1 Å². The van der Waals surface area contributed by atoms with Gasteiger partial charge in [0.1, 0.15) is 11.3 Å². The first-order chi connectivity index (χ1) is 12.6. The van der Waals surface area contributed by atoms with Crippen molar-refractivity contribution in [1.29, 1.82) is 0 Å². The summed E-state index contributed by atoms with van der Waals surface area (Å²) in [6.45, 7) is 1.06. The number of alkyl halides is 3. The van der Waals surface area contributed by atoms with Crippen LogP contribution in [0.5, 0.6) is 5.75 Å². The van der Waals surface area contributed by atoms with Crippen molar-refractivity contribution in [2.75, 3.05) is 19.0 Å². The van der Waals surface area contributed by atoms with Gasteiger partial charge >= 0.3 is 12.1 Å². The molecule has 5 nitrogen and oxygen atoms in total. The van der Waals surface area contributed by atoms with Crippen molar-refractivity contribution in [3.8, 4) is 5.75 Å². The third-order valence-electron chi connectivity index (χ3n) is 3.48. The normalized spacial score (nSPS) is 11.0. The highest BCUT2D eigenvalue weighted by Crippen LogP contribution is 2.33.